The van der Waals surface area contributed by atoms with Crippen molar-refractivity contribution in [2.75, 3.05) is 13.1 Å². The van der Waals surface area contributed by atoms with Crippen molar-refractivity contribution in [3.8, 4) is 0 Å². The zero-order chi connectivity index (χ0) is 20.4. The second kappa shape index (κ2) is 8.56. The smallest absolute Gasteiger partial charge is 0.242 e. The lowest BCUT2D eigenvalue weighted by molar-refractivity contribution is -0.130. The van der Waals surface area contributed by atoms with Crippen molar-refractivity contribution < 1.29 is 13.2 Å². The highest BCUT2D eigenvalue weighted by Gasteiger charge is 2.49. The number of hydrogen-bond acceptors (Lipinski definition) is 3. The Labute approximate surface area is 173 Å². The van der Waals surface area contributed by atoms with E-state index in [1.807, 2.05) is 18.7 Å². The molecule has 0 radical (unpaired) electrons. The van der Waals surface area contributed by atoms with Gasteiger partial charge in [-0.3, -0.25) is 4.79 Å². The van der Waals surface area contributed by atoms with Crippen molar-refractivity contribution in [1.82, 2.24) is 9.62 Å². The molecule has 1 N–H and O–H groups in total. The molecule has 28 heavy (non-hydrogen) atoms. The average molecular weight is 425 g/mol. The van der Waals surface area contributed by atoms with Crippen molar-refractivity contribution in [2.45, 2.75) is 64.3 Å². The van der Waals surface area contributed by atoms with Crippen LogP contribution < -0.4 is 4.72 Å². The van der Waals surface area contributed by atoms with E-state index < -0.39 is 15.6 Å². The molecule has 0 bridgehead atoms. The third kappa shape index (κ3) is 4.14. The lowest BCUT2D eigenvalue weighted by Crippen LogP contribution is -2.48. The van der Waals surface area contributed by atoms with E-state index in [9.17, 15) is 13.2 Å². The summed E-state index contributed by atoms with van der Waals surface area (Å²) >= 11 is 6.02. The van der Waals surface area contributed by atoms with Crippen LogP contribution in [0.1, 0.15) is 64.4 Å². The summed E-state index contributed by atoms with van der Waals surface area (Å²) in [5, 5.41) is 0.565. The van der Waals surface area contributed by atoms with Gasteiger partial charge in [0.05, 0.1) is 10.4 Å². The van der Waals surface area contributed by atoms with Gasteiger partial charge in [-0.05, 0) is 42.5 Å². The Hall–Kier alpha value is -1.37. The lowest BCUT2D eigenvalue weighted by atomic mass is 9.76. The SMILES string of the molecule is CCCN(CC1=C(c2ccc(Cl)cc2)S(=O)(=O)NC12CCCCC2)C(=O)CC. The Kier molecular flexibility index (Phi) is 6.52. The second-order valence-corrected chi connectivity index (χ2v) is 9.79. The predicted octanol–water partition coefficient (Wildman–Crippen LogP) is 4.34. The average Bonchev–Trinajstić information content (AvgIpc) is 2.88. The number of nitrogens with zero attached hydrogens (tertiary/aromatic N) is 1. The minimum absolute atomic E-state index is 0.0556. The maximum Gasteiger partial charge on any atom is 0.242 e. The van der Waals surface area contributed by atoms with Crippen LogP contribution in [-0.2, 0) is 14.8 Å². The molecule has 0 aromatic heterocycles. The molecule has 1 heterocycles. The minimum atomic E-state index is -3.65. The summed E-state index contributed by atoms with van der Waals surface area (Å²) in [4.78, 5) is 14.7. The monoisotopic (exact) mass is 424 g/mol. The van der Waals surface area contributed by atoms with E-state index in [2.05, 4.69) is 4.72 Å². The minimum Gasteiger partial charge on any atom is -0.339 e. The fourth-order valence-corrected chi connectivity index (χ4v) is 6.54. The molecule has 5 nitrogen and oxygen atoms in total. The Bertz CT molecular complexity index is 856. The van der Waals surface area contributed by atoms with Crippen LogP contribution >= 0.6 is 11.6 Å². The number of carbonyl (C=O) groups is 1. The number of hydrogen-bond donors (Lipinski definition) is 1. The molecule has 0 saturated heterocycles. The van der Waals surface area contributed by atoms with Crippen LogP contribution in [0.4, 0.5) is 0 Å². The highest BCUT2D eigenvalue weighted by molar-refractivity contribution is 7.99. The summed E-state index contributed by atoms with van der Waals surface area (Å²) in [5.41, 5.74) is 0.894. The molecule has 1 fully saturated rings. The number of rotatable bonds is 6. The predicted molar refractivity (Wildman–Crippen MR) is 113 cm³/mol. The highest BCUT2D eigenvalue weighted by Crippen LogP contribution is 2.45. The van der Waals surface area contributed by atoms with Gasteiger partial charge in [-0.2, -0.15) is 0 Å². The summed E-state index contributed by atoms with van der Waals surface area (Å²) in [6.45, 7) is 4.86. The summed E-state index contributed by atoms with van der Waals surface area (Å²) < 4.78 is 29.4. The molecule has 0 atom stereocenters. The maximum atomic E-state index is 13.2. The van der Waals surface area contributed by atoms with Crippen LogP contribution in [0.25, 0.3) is 4.91 Å². The molecule has 3 rings (SSSR count). The van der Waals surface area contributed by atoms with Gasteiger partial charge in [-0.25, -0.2) is 13.1 Å². The number of amides is 1. The van der Waals surface area contributed by atoms with Crippen molar-refractivity contribution in [2.24, 2.45) is 0 Å². The quantitative estimate of drug-likeness (QED) is 0.738. The van der Waals surface area contributed by atoms with Gasteiger partial charge in [-0.15, -0.1) is 0 Å². The molecule has 1 aliphatic heterocycles. The zero-order valence-corrected chi connectivity index (χ0v) is 18.2. The zero-order valence-electron chi connectivity index (χ0n) is 16.6. The number of sulfonamides is 1. The molecule has 0 unspecified atom stereocenters. The van der Waals surface area contributed by atoms with Crippen molar-refractivity contribution in [1.29, 1.82) is 0 Å². The standard InChI is InChI=1S/C21H29ClN2O3S/c1-3-14-24(19(25)4-2)15-18-20(16-8-10-17(22)11-9-16)28(26,27)23-21(18)12-6-5-7-13-21/h8-11,23H,3-7,12-15H2,1-2H3. The number of nitrogens with one attached hydrogen (secondary N) is 1. The normalized spacial score (nSPS) is 20.5. The fourth-order valence-electron chi connectivity index (χ4n) is 4.44. The molecular weight excluding hydrogens is 396 g/mol. The lowest BCUT2D eigenvalue weighted by Gasteiger charge is -2.37. The second-order valence-electron chi connectivity index (χ2n) is 7.73. The largest absolute Gasteiger partial charge is 0.339 e. The van der Waals surface area contributed by atoms with Gasteiger partial charge in [-0.1, -0.05) is 56.8 Å². The van der Waals surface area contributed by atoms with Gasteiger partial charge in [0.15, 0.2) is 0 Å². The third-order valence-corrected chi connectivity index (χ3v) is 7.69. The van der Waals surface area contributed by atoms with Gasteiger partial charge in [0.2, 0.25) is 15.9 Å². The topological polar surface area (TPSA) is 66.5 Å². The van der Waals surface area contributed by atoms with E-state index in [0.29, 0.717) is 35.0 Å². The number of benzene rings is 1. The number of carbonyl (C=O) groups excluding carboxylic acids is 1. The van der Waals surface area contributed by atoms with Gasteiger partial charge >= 0.3 is 0 Å². The maximum absolute atomic E-state index is 13.2. The first kappa shape index (κ1) is 21.3. The van der Waals surface area contributed by atoms with E-state index >= 15 is 0 Å². The molecule has 1 aliphatic carbocycles. The first-order valence-corrected chi connectivity index (χ1v) is 12.0. The Morgan fingerprint density at radius 1 is 1.14 bits per heavy atom. The molecule has 1 aromatic rings. The molecule has 7 heteroatoms. The molecule has 1 amide bonds. The van der Waals surface area contributed by atoms with Crippen LogP contribution in [0.3, 0.4) is 0 Å². The number of halogens is 1. The van der Waals surface area contributed by atoms with Crippen molar-refractivity contribution in [3.05, 3.63) is 40.4 Å². The van der Waals surface area contributed by atoms with Crippen molar-refractivity contribution >= 4 is 32.4 Å². The molecule has 1 spiro atoms. The molecule has 2 aliphatic rings. The van der Waals surface area contributed by atoms with Crippen LogP contribution in [0.5, 0.6) is 0 Å². The van der Waals surface area contributed by atoms with E-state index in [4.69, 9.17) is 11.6 Å². The molecule has 1 aromatic carbocycles. The Morgan fingerprint density at radius 3 is 2.36 bits per heavy atom. The van der Waals surface area contributed by atoms with Gasteiger partial charge < -0.3 is 4.90 Å². The summed E-state index contributed by atoms with van der Waals surface area (Å²) in [6, 6.07) is 6.93. The van der Waals surface area contributed by atoms with Gasteiger partial charge in [0.25, 0.3) is 0 Å². The summed E-state index contributed by atoms with van der Waals surface area (Å²) in [5.74, 6) is 0.0556. The van der Waals surface area contributed by atoms with Crippen LogP contribution in [0.2, 0.25) is 5.02 Å². The first-order chi connectivity index (χ1) is 13.3. The summed E-state index contributed by atoms with van der Waals surface area (Å²) in [6.07, 6.45) is 5.88. The van der Waals surface area contributed by atoms with E-state index in [1.54, 1.807) is 24.3 Å². The molecule has 1 saturated carbocycles. The van der Waals surface area contributed by atoms with Crippen LogP contribution in [0, 0.1) is 0 Å². The van der Waals surface area contributed by atoms with Gasteiger partial charge in [0.1, 0.15) is 0 Å². The van der Waals surface area contributed by atoms with Crippen molar-refractivity contribution in [3.63, 3.8) is 0 Å². The Balaban J connectivity index is 2.15. The Morgan fingerprint density at radius 2 is 1.79 bits per heavy atom. The van der Waals surface area contributed by atoms with E-state index in [1.165, 1.54) is 0 Å². The highest BCUT2D eigenvalue weighted by atomic mass is 35.5. The van der Waals surface area contributed by atoms with Crippen LogP contribution in [0.15, 0.2) is 29.8 Å². The third-order valence-electron chi connectivity index (χ3n) is 5.76. The fraction of sp³-hybridized carbons (Fsp3) is 0.571. The molecular formula is C21H29ClN2O3S. The van der Waals surface area contributed by atoms with Gasteiger partial charge in [0, 0.05) is 24.5 Å². The first-order valence-electron chi connectivity index (χ1n) is 10.1. The summed E-state index contributed by atoms with van der Waals surface area (Å²) in [7, 11) is -3.65. The van der Waals surface area contributed by atoms with Crippen LogP contribution in [-0.4, -0.2) is 37.9 Å². The molecule has 154 valence electrons. The van der Waals surface area contributed by atoms with E-state index in [-0.39, 0.29) is 5.91 Å². The van der Waals surface area contributed by atoms with E-state index in [0.717, 1.165) is 44.1 Å².